The summed E-state index contributed by atoms with van der Waals surface area (Å²) in [7, 11) is 0. The van der Waals surface area contributed by atoms with Crippen LogP contribution in [0, 0.1) is 0 Å². The normalized spacial score (nSPS) is 10.8. The second-order valence-corrected chi connectivity index (χ2v) is 4.67. The summed E-state index contributed by atoms with van der Waals surface area (Å²) in [6.45, 7) is 3.57. The number of hydrogen-bond donors (Lipinski definition) is 1. The number of benzene rings is 1. The molecule has 0 saturated heterocycles. The zero-order valence-electron chi connectivity index (χ0n) is 11.2. The summed E-state index contributed by atoms with van der Waals surface area (Å²) >= 11 is 0. The van der Waals surface area contributed by atoms with Gasteiger partial charge >= 0.3 is 5.69 Å². The minimum atomic E-state index is -0.853. The Balaban J connectivity index is 2.90. The molecule has 0 radical (unpaired) electrons. The average Bonchev–Trinajstić information content (AvgIpc) is 2.39. The van der Waals surface area contributed by atoms with Gasteiger partial charge in [0.15, 0.2) is 0 Å². The van der Waals surface area contributed by atoms with Crippen LogP contribution in [0.25, 0.3) is 5.69 Å². The quantitative estimate of drug-likeness (QED) is 0.892. The summed E-state index contributed by atoms with van der Waals surface area (Å²) in [6, 6.07) is 8.23. The van der Waals surface area contributed by atoms with Crippen LogP contribution in [0.2, 0.25) is 0 Å². The number of amides is 1. The third-order valence-electron chi connectivity index (χ3n) is 2.95. The minimum absolute atomic E-state index is 0.198. The molecule has 2 rings (SSSR count). The van der Waals surface area contributed by atoms with Gasteiger partial charge in [-0.25, -0.2) is 9.36 Å². The molecule has 1 heterocycles. The van der Waals surface area contributed by atoms with Crippen molar-refractivity contribution in [3.8, 4) is 5.69 Å². The highest BCUT2D eigenvalue weighted by atomic mass is 16.2. The molecule has 2 aromatic rings. The van der Waals surface area contributed by atoms with Crippen LogP contribution in [0.1, 0.15) is 30.2 Å². The van der Waals surface area contributed by atoms with Gasteiger partial charge in [0.1, 0.15) is 5.56 Å². The Hall–Kier alpha value is -2.63. The van der Waals surface area contributed by atoms with Gasteiger partial charge < -0.3 is 5.73 Å². The lowest BCUT2D eigenvalue weighted by molar-refractivity contribution is 0.0997. The first-order valence-corrected chi connectivity index (χ1v) is 6.17. The minimum Gasteiger partial charge on any atom is -0.365 e. The smallest absolute Gasteiger partial charge is 0.335 e. The van der Waals surface area contributed by atoms with E-state index in [9.17, 15) is 14.4 Å². The Bertz CT molecular complexity index is 757. The van der Waals surface area contributed by atoms with Crippen molar-refractivity contribution in [1.29, 1.82) is 0 Å². The van der Waals surface area contributed by atoms with Crippen molar-refractivity contribution in [2.75, 3.05) is 0 Å². The lowest BCUT2D eigenvalue weighted by atomic mass is 10.2. The van der Waals surface area contributed by atoms with Crippen LogP contribution in [0.15, 0.2) is 46.1 Å². The molecule has 0 saturated carbocycles. The Morgan fingerprint density at radius 1 is 1.15 bits per heavy atom. The molecule has 104 valence electrons. The van der Waals surface area contributed by atoms with E-state index in [2.05, 4.69) is 0 Å². The molecule has 0 aliphatic carbocycles. The number of carbonyl (C=O) groups excluding carboxylic acids is 1. The number of primary amides is 1. The predicted octanol–water partition coefficient (Wildman–Crippen LogP) is 0.679. The van der Waals surface area contributed by atoms with Gasteiger partial charge in [0, 0.05) is 12.2 Å². The Labute approximate surface area is 115 Å². The summed E-state index contributed by atoms with van der Waals surface area (Å²) < 4.78 is 2.27. The summed E-state index contributed by atoms with van der Waals surface area (Å²) in [6.07, 6.45) is 1.22. The Morgan fingerprint density at radius 3 is 2.25 bits per heavy atom. The number of hydrogen-bond acceptors (Lipinski definition) is 3. The van der Waals surface area contributed by atoms with Gasteiger partial charge in [0.25, 0.3) is 11.5 Å². The molecule has 6 nitrogen and oxygen atoms in total. The van der Waals surface area contributed by atoms with E-state index < -0.39 is 17.2 Å². The van der Waals surface area contributed by atoms with E-state index in [1.54, 1.807) is 44.2 Å². The standard InChI is InChI=1S/C14H15N3O3/c1-9(2)16-8-11(12(15)18)13(19)17(14(16)20)10-6-4-3-5-7-10/h3-9H,1-2H3,(H2,15,18). The van der Waals surface area contributed by atoms with Gasteiger partial charge in [0.2, 0.25) is 0 Å². The van der Waals surface area contributed by atoms with Gasteiger partial charge in [0.05, 0.1) is 5.69 Å². The van der Waals surface area contributed by atoms with Crippen molar-refractivity contribution in [2.45, 2.75) is 19.9 Å². The third-order valence-corrected chi connectivity index (χ3v) is 2.95. The molecule has 0 atom stereocenters. The van der Waals surface area contributed by atoms with E-state index in [0.29, 0.717) is 5.69 Å². The van der Waals surface area contributed by atoms with Crippen LogP contribution in [-0.2, 0) is 0 Å². The van der Waals surface area contributed by atoms with Crippen LogP contribution in [0.3, 0.4) is 0 Å². The molecular weight excluding hydrogens is 258 g/mol. The average molecular weight is 273 g/mol. The molecule has 0 aliphatic rings. The van der Waals surface area contributed by atoms with Crippen LogP contribution in [-0.4, -0.2) is 15.0 Å². The van der Waals surface area contributed by atoms with Crippen molar-refractivity contribution < 1.29 is 4.79 Å². The fourth-order valence-corrected chi connectivity index (χ4v) is 1.92. The van der Waals surface area contributed by atoms with Crippen molar-refractivity contribution >= 4 is 5.91 Å². The van der Waals surface area contributed by atoms with Crippen molar-refractivity contribution in [1.82, 2.24) is 9.13 Å². The maximum atomic E-state index is 12.4. The first-order valence-electron chi connectivity index (χ1n) is 6.17. The van der Waals surface area contributed by atoms with Crippen LogP contribution < -0.4 is 17.0 Å². The topological polar surface area (TPSA) is 87.1 Å². The van der Waals surface area contributed by atoms with E-state index in [1.165, 1.54) is 10.8 Å². The molecule has 0 aliphatic heterocycles. The highest BCUT2D eigenvalue weighted by Gasteiger charge is 2.17. The highest BCUT2D eigenvalue weighted by molar-refractivity contribution is 5.92. The van der Waals surface area contributed by atoms with Crippen molar-refractivity contribution in [2.24, 2.45) is 5.73 Å². The summed E-state index contributed by atoms with van der Waals surface area (Å²) in [5.74, 6) is -0.853. The molecule has 0 unspecified atom stereocenters. The van der Waals surface area contributed by atoms with E-state index in [4.69, 9.17) is 5.73 Å². The van der Waals surface area contributed by atoms with Crippen molar-refractivity contribution in [3.63, 3.8) is 0 Å². The molecule has 0 spiro atoms. The van der Waals surface area contributed by atoms with Gasteiger partial charge in [-0.15, -0.1) is 0 Å². The summed E-state index contributed by atoms with van der Waals surface area (Å²) in [4.78, 5) is 36.0. The van der Waals surface area contributed by atoms with Gasteiger partial charge in [-0.05, 0) is 26.0 Å². The molecule has 20 heavy (non-hydrogen) atoms. The lowest BCUT2D eigenvalue weighted by Crippen LogP contribution is -2.42. The number of para-hydroxylation sites is 1. The maximum Gasteiger partial charge on any atom is 0.335 e. The highest BCUT2D eigenvalue weighted by Crippen LogP contribution is 2.05. The van der Waals surface area contributed by atoms with Crippen LogP contribution >= 0.6 is 0 Å². The zero-order chi connectivity index (χ0) is 14.9. The SMILES string of the molecule is CC(C)n1cc(C(N)=O)c(=O)n(-c2ccccc2)c1=O. The second-order valence-electron chi connectivity index (χ2n) is 4.67. The molecule has 0 fully saturated rings. The molecule has 1 aromatic heterocycles. The summed E-state index contributed by atoms with van der Waals surface area (Å²) in [5.41, 5.74) is 4.21. The third kappa shape index (κ3) is 2.27. The van der Waals surface area contributed by atoms with E-state index in [0.717, 1.165) is 4.57 Å². The molecule has 1 amide bonds. The number of rotatable bonds is 3. The second kappa shape index (κ2) is 5.16. The van der Waals surface area contributed by atoms with Gasteiger partial charge in [-0.3, -0.25) is 14.2 Å². The largest absolute Gasteiger partial charge is 0.365 e. The van der Waals surface area contributed by atoms with Gasteiger partial charge in [-0.2, -0.15) is 0 Å². The first kappa shape index (κ1) is 13.8. The number of nitrogens with zero attached hydrogens (tertiary/aromatic N) is 2. The monoisotopic (exact) mass is 273 g/mol. The molecule has 0 bridgehead atoms. The molecule has 1 aromatic carbocycles. The fourth-order valence-electron chi connectivity index (χ4n) is 1.92. The molecule has 2 N–H and O–H groups in total. The zero-order valence-corrected chi connectivity index (χ0v) is 11.2. The van der Waals surface area contributed by atoms with E-state index in [-0.39, 0.29) is 11.6 Å². The number of nitrogens with two attached hydrogens (primary N) is 1. The lowest BCUT2D eigenvalue weighted by Gasteiger charge is -2.14. The predicted molar refractivity (Wildman–Crippen MR) is 75.2 cm³/mol. The van der Waals surface area contributed by atoms with Crippen molar-refractivity contribution in [3.05, 3.63) is 62.9 Å². The van der Waals surface area contributed by atoms with Gasteiger partial charge in [-0.1, -0.05) is 18.2 Å². The number of carbonyl (C=O) groups is 1. The van der Waals surface area contributed by atoms with E-state index in [1.807, 2.05) is 0 Å². The Kier molecular flexibility index (Phi) is 3.56. The Morgan fingerprint density at radius 2 is 1.75 bits per heavy atom. The van der Waals surface area contributed by atoms with Crippen LogP contribution in [0.5, 0.6) is 0 Å². The first-order chi connectivity index (χ1) is 9.43. The van der Waals surface area contributed by atoms with Crippen LogP contribution in [0.4, 0.5) is 0 Å². The van der Waals surface area contributed by atoms with E-state index >= 15 is 0 Å². The maximum absolute atomic E-state index is 12.4. The molecular formula is C14H15N3O3. The molecule has 6 heteroatoms. The summed E-state index contributed by atoms with van der Waals surface area (Å²) in [5, 5.41) is 0. The fraction of sp³-hybridized carbons (Fsp3) is 0.214. The number of aromatic nitrogens is 2.